The highest BCUT2D eigenvalue weighted by atomic mass is 19.1. The number of aromatic carboxylic acids is 1. The van der Waals surface area contributed by atoms with Crippen LogP contribution >= 0.6 is 0 Å². The van der Waals surface area contributed by atoms with E-state index in [0.29, 0.717) is 99.7 Å². The van der Waals surface area contributed by atoms with E-state index in [-0.39, 0.29) is 91.5 Å². The van der Waals surface area contributed by atoms with Gasteiger partial charge in [0.1, 0.15) is 74.4 Å². The Labute approximate surface area is 500 Å². The van der Waals surface area contributed by atoms with Crippen LogP contribution in [0, 0.1) is 17.5 Å². The van der Waals surface area contributed by atoms with Crippen LogP contribution in [-0.2, 0) is 33.5 Å². The molecule has 2 amide bonds. The van der Waals surface area contributed by atoms with Gasteiger partial charge in [0.25, 0.3) is 11.8 Å². The number of aromatic nitrogens is 9. The molecule has 6 aromatic heterocycles. The fourth-order valence-corrected chi connectivity index (χ4v) is 11.9. The minimum Gasteiger partial charge on any atom is -0.483 e. The third kappa shape index (κ3) is 11.1. The molecule has 28 heteroatoms. The summed E-state index contributed by atoms with van der Waals surface area (Å²) in [5.74, 6) is 0.596. The van der Waals surface area contributed by atoms with Crippen LogP contribution in [0.4, 0.5) is 30.6 Å². The van der Waals surface area contributed by atoms with E-state index in [4.69, 9.17) is 34.2 Å². The number of ether oxygens (including phenoxy) is 6. The van der Waals surface area contributed by atoms with Crippen molar-refractivity contribution in [3.63, 3.8) is 0 Å². The predicted molar refractivity (Wildman–Crippen MR) is 312 cm³/mol. The molecule has 25 nitrogen and oxygen atoms in total. The number of methoxy groups -OCH3 is 3. The summed E-state index contributed by atoms with van der Waals surface area (Å²) in [6, 6.07) is 13.0. The molecule has 88 heavy (non-hydrogen) atoms. The van der Waals surface area contributed by atoms with E-state index in [1.807, 2.05) is 20.8 Å². The molecule has 0 saturated heterocycles. The van der Waals surface area contributed by atoms with Crippen LogP contribution in [0.2, 0.25) is 0 Å². The fraction of sp³-hybridized carbons (Fsp3) is 0.350. The summed E-state index contributed by atoms with van der Waals surface area (Å²) in [5, 5.41) is 37.2. The highest BCUT2D eigenvalue weighted by Crippen LogP contribution is 2.45. The van der Waals surface area contributed by atoms with Crippen molar-refractivity contribution in [2.24, 2.45) is 5.73 Å². The number of carbonyl (C=O) groups is 3. The Morgan fingerprint density at radius 3 is 1.65 bits per heavy atom. The van der Waals surface area contributed by atoms with Crippen molar-refractivity contribution in [2.75, 3.05) is 76.7 Å². The minimum atomic E-state index is -1.12. The molecule has 11 heterocycles. The number of halogens is 3. The summed E-state index contributed by atoms with van der Waals surface area (Å²) < 4.78 is 82.4. The summed E-state index contributed by atoms with van der Waals surface area (Å²) in [4.78, 5) is 50.5. The second-order valence-electron chi connectivity index (χ2n) is 22.5. The molecule has 0 spiro atoms. The predicted octanol–water partition coefficient (Wildman–Crippen LogP) is 6.23. The molecule has 1 unspecified atom stereocenters. The second-order valence-corrected chi connectivity index (χ2v) is 22.5. The zero-order valence-corrected chi connectivity index (χ0v) is 48.6. The van der Waals surface area contributed by atoms with Gasteiger partial charge in [0, 0.05) is 99.1 Å². The van der Waals surface area contributed by atoms with Crippen LogP contribution in [0.15, 0.2) is 91.8 Å². The molecule has 0 aliphatic carbocycles. The average molecular weight is 1210 g/mol. The quantitative estimate of drug-likeness (QED) is 0.0755. The van der Waals surface area contributed by atoms with E-state index in [1.165, 1.54) is 59.5 Å². The van der Waals surface area contributed by atoms with Crippen molar-refractivity contribution in [1.82, 2.24) is 54.4 Å². The Balaban J connectivity index is 0.000000129. The van der Waals surface area contributed by atoms with Crippen LogP contribution in [0.1, 0.15) is 103 Å². The molecular formula is C60H62F3N15O10. The summed E-state index contributed by atoms with van der Waals surface area (Å²) >= 11 is 0. The summed E-state index contributed by atoms with van der Waals surface area (Å²) in [5.41, 5.74) is 9.62. The highest BCUT2D eigenvalue weighted by molar-refractivity contribution is 6.00. The van der Waals surface area contributed by atoms with E-state index in [1.54, 1.807) is 67.1 Å². The van der Waals surface area contributed by atoms with Crippen LogP contribution in [-0.4, -0.2) is 144 Å². The van der Waals surface area contributed by atoms with Crippen molar-refractivity contribution in [3.05, 3.63) is 159 Å². The maximum absolute atomic E-state index is 14.4. The number of carboxylic acid groups (broad SMARTS) is 1. The molecule has 5 aliphatic heterocycles. The number of nitrogens with zero attached hydrogens (tertiary/aromatic N) is 9. The highest BCUT2D eigenvalue weighted by Gasteiger charge is 2.45. The number of rotatable bonds is 11. The molecule has 458 valence electrons. The number of benzene rings is 3. The topological polar surface area (TPSA) is 304 Å². The van der Waals surface area contributed by atoms with Crippen molar-refractivity contribution < 1.29 is 61.1 Å². The molecule has 6 atom stereocenters. The third-order valence-electron chi connectivity index (χ3n) is 16.0. The lowest BCUT2D eigenvalue weighted by Crippen LogP contribution is -2.50. The lowest BCUT2D eigenvalue weighted by atomic mass is 9.95. The van der Waals surface area contributed by atoms with Gasteiger partial charge in [-0.15, -0.1) is 0 Å². The van der Waals surface area contributed by atoms with Gasteiger partial charge in [-0.3, -0.25) is 9.59 Å². The molecule has 0 radical (unpaired) electrons. The number of hydrogen-bond acceptors (Lipinski definition) is 19. The van der Waals surface area contributed by atoms with Gasteiger partial charge in [0.05, 0.1) is 69.6 Å². The Bertz CT molecular complexity index is 4040. The first-order chi connectivity index (χ1) is 42.3. The van der Waals surface area contributed by atoms with Crippen molar-refractivity contribution >= 4 is 52.2 Å². The smallest absolute Gasteiger partial charge is 0.341 e. The van der Waals surface area contributed by atoms with Gasteiger partial charge in [-0.2, -0.15) is 15.3 Å². The third-order valence-corrected chi connectivity index (χ3v) is 16.0. The number of hydrogen-bond donors (Lipinski definition) is 7. The molecule has 3 aromatic carbocycles. The van der Waals surface area contributed by atoms with E-state index in [2.05, 4.69) is 56.8 Å². The first-order valence-corrected chi connectivity index (χ1v) is 28.1. The molecule has 9 aromatic rings. The molecule has 0 fully saturated rings. The van der Waals surface area contributed by atoms with Crippen LogP contribution in [0.25, 0.3) is 16.9 Å². The molecule has 0 saturated carbocycles. The molecule has 8 bridgehead atoms. The zero-order valence-electron chi connectivity index (χ0n) is 48.6. The summed E-state index contributed by atoms with van der Waals surface area (Å²) in [7, 11) is 4.72. The van der Waals surface area contributed by atoms with Crippen LogP contribution in [0.5, 0.6) is 17.2 Å². The number of anilines is 3. The van der Waals surface area contributed by atoms with E-state index in [0.717, 1.165) is 16.7 Å². The number of carbonyl (C=O) groups excluding carboxylic acids is 2. The van der Waals surface area contributed by atoms with Gasteiger partial charge in [-0.05, 0) is 75.4 Å². The number of nitrogens with two attached hydrogens (primary N) is 1. The number of fused-ring (bicyclic) bond motifs is 6. The van der Waals surface area contributed by atoms with Gasteiger partial charge in [0.15, 0.2) is 28.1 Å². The van der Waals surface area contributed by atoms with Crippen molar-refractivity contribution in [2.45, 2.75) is 75.0 Å². The number of nitrogens with one attached hydrogen (secondary N) is 5. The standard InChI is InChI=1S/C20H22FN5O4.2C20H20FN5O3/c1-11(24-16-3-4-26-18(25-16)15(8-23-26)19(27)28)14-6-13(21)5-12-7-20(9-22,10-29-2)30-17(12)14;2*1-11-14-6-13(21)5-12-7-20(10-28-2,29-17(12)14)9-22-19(27)15-8-23-26-4-3-16(24-11)25-18(15)26/h3-6,8,11H,7,9-10,22H2,1-2H3,(H,24,25)(H,27,28);2*3-6,8,11H,7,9-10H2,1-2H3,(H,22,27)(H,24,25)/t11-,20?;11-,20+;11-,20-/m111/s1. The van der Waals surface area contributed by atoms with Gasteiger partial charge in [0.2, 0.25) is 0 Å². The second kappa shape index (κ2) is 23.2. The Kier molecular flexibility index (Phi) is 15.5. The van der Waals surface area contributed by atoms with E-state index >= 15 is 0 Å². The number of amides is 2. The Morgan fingerprint density at radius 1 is 0.670 bits per heavy atom. The van der Waals surface area contributed by atoms with E-state index < -0.39 is 22.8 Å². The van der Waals surface area contributed by atoms with Gasteiger partial charge >= 0.3 is 5.97 Å². The largest absolute Gasteiger partial charge is 0.483 e. The molecule has 8 N–H and O–H groups in total. The SMILES string of the molecule is COCC1(CN)Cc2cc(F)cc([C@@H](C)Nc3ccn4ncc(C(=O)O)c4n3)c2O1.COC[C@@]12CNC(=O)c3cnn4ccc(nc34)N[C@H](C)c3cc(F)cc(c3O1)C2.COC[C@]12CNC(=O)c3cnn4ccc(nc34)N[C@H](C)c3cc(F)cc(c3O1)C2. The maximum atomic E-state index is 14.4. The van der Waals surface area contributed by atoms with Crippen LogP contribution in [0.3, 0.4) is 0 Å². The maximum Gasteiger partial charge on any atom is 0.341 e. The van der Waals surface area contributed by atoms with Crippen molar-refractivity contribution in [3.8, 4) is 17.2 Å². The normalized spacial score (nSPS) is 21.6. The van der Waals surface area contributed by atoms with Crippen LogP contribution < -0.4 is 46.5 Å². The van der Waals surface area contributed by atoms with E-state index in [9.17, 15) is 32.7 Å². The Morgan fingerprint density at radius 2 is 1.15 bits per heavy atom. The minimum absolute atomic E-state index is 0.00595. The first-order valence-electron chi connectivity index (χ1n) is 28.1. The summed E-state index contributed by atoms with van der Waals surface area (Å²) in [6.45, 7) is 7.11. The zero-order chi connectivity index (χ0) is 61.8. The molecular weight excluding hydrogens is 1150 g/mol. The monoisotopic (exact) mass is 1210 g/mol. The fourth-order valence-electron chi connectivity index (χ4n) is 11.9. The summed E-state index contributed by atoms with van der Waals surface area (Å²) in [6.07, 6.45) is 10.6. The first kappa shape index (κ1) is 58.7. The van der Waals surface area contributed by atoms with Crippen molar-refractivity contribution in [1.29, 1.82) is 0 Å². The molecule has 5 aliphatic rings. The molecule has 14 rings (SSSR count). The van der Waals surface area contributed by atoms with Gasteiger partial charge < -0.3 is 65.8 Å². The number of carboxylic acids is 1. The average Bonchev–Trinajstić information content (AvgIpc) is 1.84. The van der Waals surface area contributed by atoms with Gasteiger partial charge in [-0.25, -0.2) is 46.5 Å². The lowest BCUT2D eigenvalue weighted by molar-refractivity contribution is 0.00666. The lowest BCUT2D eigenvalue weighted by Gasteiger charge is -2.29. The van der Waals surface area contributed by atoms with Gasteiger partial charge in [-0.1, -0.05) is 0 Å². The Hall–Kier alpha value is -9.64.